The SMILES string of the molecule is CC(C)(O)C#Cc1ccc(-c2ccc(=N)n(C(N)=O)c2)c([C@H](Cc2cc(F)cc(F)c2)NC(=O)Cn2nc(C(F)(F)F)c3c2C(F)(F)CC3)n1. The molecule has 0 saturated carbocycles. The lowest BCUT2D eigenvalue weighted by Gasteiger charge is -2.23. The van der Waals surface area contributed by atoms with Gasteiger partial charge in [0.25, 0.3) is 5.92 Å². The third-order valence-corrected chi connectivity index (χ3v) is 7.59. The number of rotatable bonds is 7. The maximum Gasteiger partial charge on any atom is 0.435 e. The minimum absolute atomic E-state index is 0.00638. The highest BCUT2D eigenvalue weighted by atomic mass is 19.4. The molecule has 50 heavy (non-hydrogen) atoms. The molecule has 3 aromatic heterocycles. The Morgan fingerprint density at radius 3 is 2.42 bits per heavy atom. The zero-order valence-corrected chi connectivity index (χ0v) is 26.3. The van der Waals surface area contributed by atoms with Crippen LogP contribution in [-0.4, -0.2) is 42.0 Å². The van der Waals surface area contributed by atoms with E-state index in [1.54, 1.807) is 0 Å². The molecule has 5 rings (SSSR count). The number of fused-ring (bicyclic) bond motifs is 1. The van der Waals surface area contributed by atoms with E-state index in [1.165, 1.54) is 44.3 Å². The fraction of sp³-hybridized carbons (Fsp3) is 0.303. The molecular weight excluding hydrogens is 675 g/mol. The van der Waals surface area contributed by atoms with Gasteiger partial charge in [-0.25, -0.2) is 18.6 Å². The molecule has 1 aliphatic rings. The molecule has 4 aromatic rings. The van der Waals surface area contributed by atoms with Crippen molar-refractivity contribution in [2.45, 2.75) is 63.4 Å². The Balaban J connectivity index is 1.65. The summed E-state index contributed by atoms with van der Waals surface area (Å²) in [5, 5.41) is 24.0. The van der Waals surface area contributed by atoms with Crippen molar-refractivity contribution in [2.24, 2.45) is 5.73 Å². The van der Waals surface area contributed by atoms with Crippen molar-refractivity contribution in [3.63, 3.8) is 0 Å². The Morgan fingerprint density at radius 1 is 1.12 bits per heavy atom. The minimum Gasteiger partial charge on any atom is -0.378 e. The molecule has 0 bridgehead atoms. The number of carbonyl (C=O) groups is 2. The van der Waals surface area contributed by atoms with E-state index in [0.717, 1.165) is 16.7 Å². The zero-order valence-electron chi connectivity index (χ0n) is 26.3. The number of hydrogen-bond acceptors (Lipinski definition) is 6. The average molecular weight is 704 g/mol. The summed E-state index contributed by atoms with van der Waals surface area (Å²) in [6.45, 7) is 1.72. The van der Waals surface area contributed by atoms with Crippen molar-refractivity contribution in [2.75, 3.05) is 0 Å². The summed E-state index contributed by atoms with van der Waals surface area (Å²) >= 11 is 0. The molecule has 1 aromatic carbocycles. The molecule has 0 unspecified atom stereocenters. The normalized spacial score (nSPS) is 14.4. The molecular formula is C33H28F7N7O3. The molecule has 262 valence electrons. The molecule has 0 radical (unpaired) electrons. The van der Waals surface area contributed by atoms with Crippen LogP contribution in [-0.2, 0) is 36.3 Å². The molecule has 2 amide bonds. The molecule has 17 heteroatoms. The Kier molecular flexibility index (Phi) is 9.37. The summed E-state index contributed by atoms with van der Waals surface area (Å²) in [6, 6.07) is 5.69. The number of pyridine rings is 2. The summed E-state index contributed by atoms with van der Waals surface area (Å²) in [4.78, 5) is 30.1. The molecule has 5 N–H and O–H groups in total. The van der Waals surface area contributed by atoms with Crippen LogP contribution in [0.3, 0.4) is 0 Å². The predicted molar refractivity (Wildman–Crippen MR) is 162 cm³/mol. The highest BCUT2D eigenvalue weighted by Gasteiger charge is 2.50. The van der Waals surface area contributed by atoms with E-state index in [4.69, 9.17) is 11.1 Å². The van der Waals surface area contributed by atoms with Gasteiger partial charge in [-0.05, 0) is 74.6 Å². The molecule has 3 heterocycles. The van der Waals surface area contributed by atoms with Crippen molar-refractivity contribution >= 4 is 11.9 Å². The highest BCUT2D eigenvalue weighted by molar-refractivity contribution is 5.78. The monoisotopic (exact) mass is 703 g/mol. The second-order valence-electron chi connectivity index (χ2n) is 12.1. The number of nitrogens with zero attached hydrogens (tertiary/aromatic N) is 4. The summed E-state index contributed by atoms with van der Waals surface area (Å²) in [5.74, 6) is -1.50. The van der Waals surface area contributed by atoms with E-state index in [2.05, 4.69) is 27.2 Å². The van der Waals surface area contributed by atoms with Gasteiger partial charge in [0.2, 0.25) is 5.91 Å². The summed E-state index contributed by atoms with van der Waals surface area (Å²) < 4.78 is 100. The van der Waals surface area contributed by atoms with E-state index < -0.39 is 90.1 Å². The summed E-state index contributed by atoms with van der Waals surface area (Å²) in [6.07, 6.45) is -5.79. The number of carbonyl (C=O) groups excluding carboxylic acids is 2. The van der Waals surface area contributed by atoms with Crippen molar-refractivity contribution in [1.29, 1.82) is 5.41 Å². The fourth-order valence-corrected chi connectivity index (χ4v) is 5.56. The number of halogens is 7. The van der Waals surface area contributed by atoms with Gasteiger partial charge in [-0.1, -0.05) is 5.92 Å². The Hall–Kier alpha value is -5.50. The predicted octanol–water partition coefficient (Wildman–Crippen LogP) is 4.71. The topological polar surface area (TPSA) is 152 Å². The lowest BCUT2D eigenvalue weighted by Crippen LogP contribution is -2.35. The number of aromatic nitrogens is 4. The van der Waals surface area contributed by atoms with Crippen LogP contribution in [0.5, 0.6) is 0 Å². The largest absolute Gasteiger partial charge is 0.435 e. The number of amides is 2. The van der Waals surface area contributed by atoms with Gasteiger partial charge in [-0.2, -0.15) is 27.1 Å². The Bertz CT molecular complexity index is 2100. The lowest BCUT2D eigenvalue weighted by atomic mass is 9.95. The lowest BCUT2D eigenvalue weighted by molar-refractivity contribution is -0.142. The van der Waals surface area contributed by atoms with Gasteiger partial charge in [-0.15, -0.1) is 0 Å². The minimum atomic E-state index is -5.07. The maximum absolute atomic E-state index is 14.8. The van der Waals surface area contributed by atoms with Gasteiger partial charge in [0.1, 0.15) is 40.7 Å². The smallest absolute Gasteiger partial charge is 0.378 e. The van der Waals surface area contributed by atoms with Gasteiger partial charge in [0.05, 0.1) is 11.7 Å². The van der Waals surface area contributed by atoms with E-state index in [0.29, 0.717) is 10.7 Å². The number of nitrogens with two attached hydrogens (primary N) is 1. The second-order valence-corrected chi connectivity index (χ2v) is 12.1. The van der Waals surface area contributed by atoms with Crippen LogP contribution in [0.25, 0.3) is 11.1 Å². The number of aliphatic hydroxyl groups is 1. The number of benzene rings is 1. The highest BCUT2D eigenvalue weighted by Crippen LogP contribution is 2.46. The van der Waals surface area contributed by atoms with Crippen LogP contribution in [0.2, 0.25) is 0 Å². The first-order valence-corrected chi connectivity index (χ1v) is 14.9. The van der Waals surface area contributed by atoms with E-state index in [9.17, 15) is 45.4 Å². The molecule has 10 nitrogen and oxygen atoms in total. The number of hydrogen-bond donors (Lipinski definition) is 4. The van der Waals surface area contributed by atoms with E-state index in [-0.39, 0.29) is 33.6 Å². The van der Waals surface area contributed by atoms with Gasteiger partial charge in [0.15, 0.2) is 5.69 Å². The van der Waals surface area contributed by atoms with Crippen molar-refractivity contribution in [3.8, 4) is 23.0 Å². The van der Waals surface area contributed by atoms with Crippen LogP contribution in [0.15, 0.2) is 48.7 Å². The Morgan fingerprint density at radius 2 is 1.80 bits per heavy atom. The van der Waals surface area contributed by atoms with E-state index >= 15 is 0 Å². The van der Waals surface area contributed by atoms with Crippen molar-refractivity contribution in [1.82, 2.24) is 24.6 Å². The van der Waals surface area contributed by atoms with Crippen LogP contribution in [0, 0.1) is 28.9 Å². The first-order chi connectivity index (χ1) is 23.2. The Labute approximate surface area is 279 Å². The zero-order chi connectivity index (χ0) is 36.8. The maximum atomic E-state index is 14.8. The van der Waals surface area contributed by atoms with Gasteiger partial charge < -0.3 is 16.2 Å². The third kappa shape index (κ3) is 7.86. The standard InChI is InChI=1S/C33H28F7N7O3/c1-31(2,50)9-7-21-4-5-22(18-3-6-25(41)46(15-18)30(42)49)27(43-21)24(13-17-11-19(34)14-20(35)12-17)44-26(48)16-47-29-23(8-10-32(29,36)37)28(45-47)33(38,39)40/h3-6,11-12,14-15,24,41,50H,8,10,13,16H2,1-2H3,(H2,42,49)(H,44,48)/t24-/m0/s1. The van der Waals surface area contributed by atoms with Crippen LogP contribution in [0.1, 0.15) is 60.2 Å². The van der Waals surface area contributed by atoms with E-state index in [1.807, 2.05) is 0 Å². The van der Waals surface area contributed by atoms with Crippen LogP contribution in [0.4, 0.5) is 35.5 Å². The molecule has 0 saturated heterocycles. The van der Waals surface area contributed by atoms with Crippen LogP contribution < -0.4 is 16.5 Å². The quantitative estimate of drug-likeness (QED) is 0.162. The van der Waals surface area contributed by atoms with Gasteiger partial charge >= 0.3 is 12.2 Å². The molecule has 1 aliphatic carbocycles. The number of nitrogens with one attached hydrogen (secondary N) is 2. The number of alkyl halides is 5. The van der Waals surface area contributed by atoms with Crippen molar-refractivity contribution in [3.05, 3.63) is 99.7 Å². The molecule has 0 fully saturated rings. The number of primary amides is 1. The summed E-state index contributed by atoms with van der Waals surface area (Å²) in [7, 11) is 0. The second kappa shape index (κ2) is 13.1. The van der Waals surface area contributed by atoms with Crippen LogP contribution >= 0.6 is 0 Å². The molecule has 1 atom stereocenters. The molecule has 0 aliphatic heterocycles. The van der Waals surface area contributed by atoms with Crippen molar-refractivity contribution < 1.29 is 45.4 Å². The van der Waals surface area contributed by atoms with Gasteiger partial charge in [0, 0.05) is 35.4 Å². The average Bonchev–Trinajstić information content (AvgIpc) is 3.52. The first-order valence-electron chi connectivity index (χ1n) is 14.9. The van der Waals surface area contributed by atoms with Gasteiger partial charge in [-0.3, -0.25) is 19.5 Å². The summed E-state index contributed by atoms with van der Waals surface area (Å²) in [5.41, 5.74) is 0.735. The molecule has 0 spiro atoms. The fourth-order valence-electron chi connectivity index (χ4n) is 5.56. The third-order valence-electron chi connectivity index (χ3n) is 7.59. The first kappa shape index (κ1) is 35.8.